The summed E-state index contributed by atoms with van der Waals surface area (Å²) in [5.74, 6) is 0.861. The Labute approximate surface area is 148 Å². The molecule has 0 saturated carbocycles. The molecule has 0 aliphatic carbocycles. The molecule has 0 saturated heterocycles. The van der Waals surface area contributed by atoms with E-state index in [1.165, 1.54) is 0 Å². The van der Waals surface area contributed by atoms with Crippen LogP contribution in [0.25, 0.3) is 11.3 Å². The van der Waals surface area contributed by atoms with Gasteiger partial charge in [-0.05, 0) is 18.2 Å². The summed E-state index contributed by atoms with van der Waals surface area (Å²) in [7, 11) is 0. The van der Waals surface area contributed by atoms with E-state index in [0.717, 1.165) is 21.9 Å². The summed E-state index contributed by atoms with van der Waals surface area (Å²) in [6, 6.07) is 16.9. The standard InChI is InChI=1S/C18H13ClN2O2S/c19-13-6-7-17-15(10-13)21(8-9-24-17)18(22)16-11-14(20-23-16)12-4-2-1-3-5-12/h1-7,10-11H,8-9H2. The zero-order chi connectivity index (χ0) is 16.5. The molecule has 2 heterocycles. The molecule has 0 unspecified atom stereocenters. The Bertz CT molecular complexity index is 895. The van der Waals surface area contributed by atoms with Crippen molar-refractivity contribution in [2.75, 3.05) is 17.2 Å². The fourth-order valence-corrected chi connectivity index (χ4v) is 3.80. The van der Waals surface area contributed by atoms with Gasteiger partial charge >= 0.3 is 0 Å². The van der Waals surface area contributed by atoms with Crippen LogP contribution in [-0.2, 0) is 0 Å². The van der Waals surface area contributed by atoms with Crippen LogP contribution in [-0.4, -0.2) is 23.4 Å². The molecule has 6 heteroatoms. The van der Waals surface area contributed by atoms with Gasteiger partial charge in [-0.1, -0.05) is 47.1 Å². The minimum absolute atomic E-state index is 0.200. The minimum atomic E-state index is -0.200. The molecule has 4 nitrogen and oxygen atoms in total. The average molecular weight is 357 g/mol. The average Bonchev–Trinajstić information content (AvgIpc) is 3.11. The fraction of sp³-hybridized carbons (Fsp3) is 0.111. The summed E-state index contributed by atoms with van der Waals surface area (Å²) in [4.78, 5) is 15.6. The van der Waals surface area contributed by atoms with Crippen LogP contribution in [0.3, 0.4) is 0 Å². The van der Waals surface area contributed by atoms with Gasteiger partial charge in [0.25, 0.3) is 5.91 Å². The molecule has 1 amide bonds. The fourth-order valence-electron chi connectivity index (χ4n) is 2.66. The van der Waals surface area contributed by atoms with Crippen molar-refractivity contribution in [3.8, 4) is 11.3 Å². The van der Waals surface area contributed by atoms with Crippen LogP contribution in [0.2, 0.25) is 5.02 Å². The third kappa shape index (κ3) is 2.81. The Balaban J connectivity index is 1.66. The maximum Gasteiger partial charge on any atom is 0.296 e. The molecule has 0 atom stereocenters. The SMILES string of the molecule is O=C(c1cc(-c2ccccc2)no1)N1CCSc2ccc(Cl)cc21. The number of hydrogen-bond acceptors (Lipinski definition) is 4. The number of fused-ring (bicyclic) bond motifs is 1. The lowest BCUT2D eigenvalue weighted by Gasteiger charge is -2.28. The lowest BCUT2D eigenvalue weighted by Crippen LogP contribution is -2.35. The number of halogens is 1. The Kier molecular flexibility index (Phi) is 4.04. The number of thioether (sulfide) groups is 1. The highest BCUT2D eigenvalue weighted by Crippen LogP contribution is 2.37. The van der Waals surface area contributed by atoms with Crippen LogP contribution in [0.1, 0.15) is 10.6 Å². The molecule has 0 radical (unpaired) electrons. The third-order valence-corrected chi connectivity index (χ3v) is 5.10. The molecule has 1 aromatic heterocycles. The van der Waals surface area contributed by atoms with Gasteiger partial charge < -0.3 is 9.42 Å². The lowest BCUT2D eigenvalue weighted by atomic mass is 10.1. The van der Waals surface area contributed by atoms with E-state index in [1.807, 2.05) is 48.5 Å². The Morgan fingerprint density at radius 2 is 2.00 bits per heavy atom. The summed E-state index contributed by atoms with van der Waals surface area (Å²) in [6.07, 6.45) is 0. The van der Waals surface area contributed by atoms with Crippen LogP contribution in [0.4, 0.5) is 5.69 Å². The second-order valence-electron chi connectivity index (χ2n) is 5.36. The first kappa shape index (κ1) is 15.3. The highest BCUT2D eigenvalue weighted by atomic mass is 35.5. The van der Waals surface area contributed by atoms with Gasteiger partial charge in [0.2, 0.25) is 5.76 Å². The molecular weight excluding hydrogens is 344 g/mol. The third-order valence-electron chi connectivity index (χ3n) is 3.82. The van der Waals surface area contributed by atoms with E-state index in [9.17, 15) is 4.79 Å². The number of benzene rings is 2. The number of carbonyl (C=O) groups is 1. The van der Waals surface area contributed by atoms with Crippen molar-refractivity contribution < 1.29 is 9.32 Å². The number of hydrogen-bond donors (Lipinski definition) is 0. The van der Waals surface area contributed by atoms with Crippen LogP contribution < -0.4 is 4.90 Å². The van der Waals surface area contributed by atoms with E-state index >= 15 is 0 Å². The van der Waals surface area contributed by atoms with Crippen LogP contribution >= 0.6 is 23.4 Å². The van der Waals surface area contributed by atoms with E-state index in [-0.39, 0.29) is 11.7 Å². The van der Waals surface area contributed by atoms with Gasteiger partial charge in [0.15, 0.2) is 0 Å². The Hall–Kier alpha value is -2.24. The van der Waals surface area contributed by atoms with Crippen LogP contribution in [0.15, 0.2) is 64.0 Å². The molecule has 0 N–H and O–H groups in total. The summed E-state index contributed by atoms with van der Waals surface area (Å²) < 4.78 is 5.30. The van der Waals surface area contributed by atoms with Crippen molar-refractivity contribution >= 4 is 35.0 Å². The first-order valence-corrected chi connectivity index (χ1v) is 8.85. The maximum absolute atomic E-state index is 12.9. The Morgan fingerprint density at radius 1 is 1.17 bits per heavy atom. The van der Waals surface area contributed by atoms with E-state index in [2.05, 4.69) is 5.16 Å². The minimum Gasteiger partial charge on any atom is -0.350 e. The van der Waals surface area contributed by atoms with Gasteiger partial charge in [0, 0.05) is 33.8 Å². The summed E-state index contributed by atoms with van der Waals surface area (Å²) in [6.45, 7) is 0.609. The first-order valence-electron chi connectivity index (χ1n) is 7.49. The highest BCUT2D eigenvalue weighted by molar-refractivity contribution is 7.99. The molecule has 2 aromatic carbocycles. The van der Waals surface area contributed by atoms with Gasteiger partial charge in [-0.3, -0.25) is 4.79 Å². The number of anilines is 1. The van der Waals surface area contributed by atoms with E-state index in [0.29, 0.717) is 17.3 Å². The van der Waals surface area contributed by atoms with Crippen molar-refractivity contribution in [3.05, 3.63) is 65.4 Å². The topological polar surface area (TPSA) is 46.3 Å². The zero-order valence-corrected chi connectivity index (χ0v) is 14.2. The number of amides is 1. The lowest BCUT2D eigenvalue weighted by molar-refractivity contribution is 0.0952. The van der Waals surface area contributed by atoms with Gasteiger partial charge in [-0.2, -0.15) is 0 Å². The monoisotopic (exact) mass is 356 g/mol. The summed E-state index contributed by atoms with van der Waals surface area (Å²) >= 11 is 7.81. The molecule has 24 heavy (non-hydrogen) atoms. The van der Waals surface area contributed by atoms with Crippen molar-refractivity contribution in [2.45, 2.75) is 4.90 Å². The molecule has 1 aliphatic heterocycles. The predicted octanol–water partition coefficient (Wildman–Crippen LogP) is 4.75. The van der Waals surface area contributed by atoms with Crippen molar-refractivity contribution in [1.82, 2.24) is 5.16 Å². The van der Waals surface area contributed by atoms with Crippen molar-refractivity contribution in [2.24, 2.45) is 0 Å². The van der Waals surface area contributed by atoms with Gasteiger partial charge in [0.1, 0.15) is 5.69 Å². The molecule has 0 fully saturated rings. The van der Waals surface area contributed by atoms with Gasteiger partial charge in [0.05, 0.1) is 5.69 Å². The molecule has 1 aliphatic rings. The molecule has 120 valence electrons. The summed E-state index contributed by atoms with van der Waals surface area (Å²) in [5, 5.41) is 4.63. The van der Waals surface area contributed by atoms with Gasteiger partial charge in [-0.15, -0.1) is 11.8 Å². The largest absolute Gasteiger partial charge is 0.350 e. The predicted molar refractivity (Wildman–Crippen MR) is 95.8 cm³/mol. The summed E-state index contributed by atoms with van der Waals surface area (Å²) in [5.41, 5.74) is 2.39. The van der Waals surface area contributed by atoms with Crippen LogP contribution in [0.5, 0.6) is 0 Å². The molecular formula is C18H13ClN2O2S. The van der Waals surface area contributed by atoms with E-state index in [1.54, 1.807) is 22.7 Å². The first-order chi connectivity index (χ1) is 11.7. The van der Waals surface area contributed by atoms with Crippen molar-refractivity contribution in [3.63, 3.8) is 0 Å². The van der Waals surface area contributed by atoms with Crippen molar-refractivity contribution in [1.29, 1.82) is 0 Å². The van der Waals surface area contributed by atoms with Crippen LogP contribution in [0, 0.1) is 0 Å². The van der Waals surface area contributed by atoms with E-state index in [4.69, 9.17) is 16.1 Å². The molecule has 3 aromatic rings. The quantitative estimate of drug-likeness (QED) is 0.665. The smallest absolute Gasteiger partial charge is 0.296 e. The number of aromatic nitrogens is 1. The molecule has 0 bridgehead atoms. The molecule has 0 spiro atoms. The number of rotatable bonds is 2. The number of nitrogens with zero attached hydrogens (tertiary/aromatic N) is 2. The second-order valence-corrected chi connectivity index (χ2v) is 6.93. The second kappa shape index (κ2) is 6.34. The maximum atomic E-state index is 12.9. The van der Waals surface area contributed by atoms with Gasteiger partial charge in [-0.25, -0.2) is 0 Å². The normalized spacial score (nSPS) is 13.6. The van der Waals surface area contributed by atoms with E-state index < -0.39 is 0 Å². The Morgan fingerprint density at radius 3 is 2.83 bits per heavy atom. The zero-order valence-electron chi connectivity index (χ0n) is 12.6. The molecule has 4 rings (SSSR count). The number of carbonyl (C=O) groups excluding carboxylic acids is 1. The highest BCUT2D eigenvalue weighted by Gasteiger charge is 2.27.